The lowest BCUT2D eigenvalue weighted by Crippen LogP contribution is -1.93. The first kappa shape index (κ1) is 10.8. The molecule has 0 fully saturated rings. The fraction of sp³-hybridized carbons (Fsp3) is 0.500. The third-order valence-electron chi connectivity index (χ3n) is 1.97. The molecule has 0 saturated carbocycles. The summed E-state index contributed by atoms with van der Waals surface area (Å²) in [5, 5.41) is 0. The van der Waals surface area contributed by atoms with Gasteiger partial charge in [-0.15, -0.1) is 0 Å². The quantitative estimate of drug-likeness (QED) is 0.453. The highest BCUT2D eigenvalue weighted by Gasteiger charge is 2.23. The van der Waals surface area contributed by atoms with Crippen molar-refractivity contribution in [3.8, 4) is 0 Å². The number of rotatable bonds is 3. The molecule has 2 nitrogen and oxygen atoms in total. The molecule has 3 heteroatoms. The Bertz CT molecular complexity index is 277. The summed E-state index contributed by atoms with van der Waals surface area (Å²) in [6.07, 6.45) is 5.30. The molecule has 13 heavy (non-hydrogen) atoms. The number of ether oxygens (including phenoxy) is 1. The molecule has 0 saturated heterocycles. The first-order chi connectivity index (χ1) is 6.16. The fourth-order valence-electron chi connectivity index (χ4n) is 1.11. The van der Waals surface area contributed by atoms with Crippen molar-refractivity contribution in [2.45, 2.75) is 33.1 Å². The molecule has 1 rings (SSSR count). The maximum Gasteiger partial charge on any atom is 0.350 e. The molecule has 0 unspecified atom stereocenters. The maximum absolute atomic E-state index is 11.1. The molecule has 0 radical (unpaired) electrons. The SMILES string of the molecule is CCCC/C=C1\OC(=O)C(I)=C1C. The second kappa shape index (κ2) is 4.79. The molecule has 1 aliphatic heterocycles. The first-order valence-electron chi connectivity index (χ1n) is 4.46. The van der Waals surface area contributed by atoms with E-state index in [0.29, 0.717) is 3.58 Å². The lowest BCUT2D eigenvalue weighted by Gasteiger charge is -1.97. The van der Waals surface area contributed by atoms with Crippen LogP contribution in [0, 0.1) is 0 Å². The van der Waals surface area contributed by atoms with Crippen LogP contribution in [0.25, 0.3) is 0 Å². The third kappa shape index (κ3) is 2.56. The van der Waals surface area contributed by atoms with Crippen LogP contribution in [0.5, 0.6) is 0 Å². The summed E-state index contributed by atoms with van der Waals surface area (Å²) in [6.45, 7) is 4.07. The van der Waals surface area contributed by atoms with Crippen LogP contribution < -0.4 is 0 Å². The van der Waals surface area contributed by atoms with Crippen LogP contribution in [0.3, 0.4) is 0 Å². The topological polar surface area (TPSA) is 26.3 Å². The van der Waals surface area contributed by atoms with Crippen molar-refractivity contribution in [1.82, 2.24) is 0 Å². The zero-order valence-corrected chi connectivity index (χ0v) is 10.1. The van der Waals surface area contributed by atoms with E-state index < -0.39 is 0 Å². The summed E-state index contributed by atoms with van der Waals surface area (Å²) in [7, 11) is 0. The molecule has 1 aliphatic rings. The molecular weight excluding hydrogens is 279 g/mol. The number of unbranched alkanes of at least 4 members (excludes halogenated alkanes) is 2. The molecule has 0 aliphatic carbocycles. The van der Waals surface area contributed by atoms with Crippen LogP contribution in [0.4, 0.5) is 0 Å². The third-order valence-corrected chi connectivity index (χ3v) is 3.22. The normalized spacial score (nSPS) is 19.9. The summed E-state index contributed by atoms with van der Waals surface area (Å²) in [4.78, 5) is 11.1. The van der Waals surface area contributed by atoms with Crippen LogP contribution in [0.1, 0.15) is 33.1 Å². The minimum atomic E-state index is -0.208. The summed E-state index contributed by atoms with van der Waals surface area (Å²) in [5.41, 5.74) is 0.974. The van der Waals surface area contributed by atoms with E-state index in [1.807, 2.05) is 35.6 Å². The minimum Gasteiger partial charge on any atom is -0.423 e. The van der Waals surface area contributed by atoms with Gasteiger partial charge < -0.3 is 4.74 Å². The Labute approximate surface area is 92.2 Å². The van der Waals surface area contributed by atoms with Gasteiger partial charge in [0, 0.05) is 5.57 Å². The average Bonchev–Trinajstić information content (AvgIpc) is 2.34. The van der Waals surface area contributed by atoms with Crippen molar-refractivity contribution < 1.29 is 9.53 Å². The zero-order valence-electron chi connectivity index (χ0n) is 7.89. The minimum absolute atomic E-state index is 0.208. The lowest BCUT2D eigenvalue weighted by molar-refractivity contribution is -0.132. The monoisotopic (exact) mass is 292 g/mol. The van der Waals surface area contributed by atoms with Crippen LogP contribution in [0.15, 0.2) is 21.0 Å². The molecule has 0 bridgehead atoms. The molecule has 0 aromatic carbocycles. The van der Waals surface area contributed by atoms with E-state index in [2.05, 4.69) is 6.92 Å². The lowest BCUT2D eigenvalue weighted by atomic mass is 10.2. The molecule has 0 aromatic rings. The Hall–Kier alpha value is -0.320. The number of halogens is 1. The van der Waals surface area contributed by atoms with E-state index in [1.54, 1.807) is 0 Å². The van der Waals surface area contributed by atoms with E-state index in [1.165, 1.54) is 0 Å². The highest BCUT2D eigenvalue weighted by Crippen LogP contribution is 2.30. The van der Waals surface area contributed by atoms with Crippen molar-refractivity contribution in [1.29, 1.82) is 0 Å². The number of carbonyl (C=O) groups is 1. The van der Waals surface area contributed by atoms with E-state index in [0.717, 1.165) is 30.6 Å². The predicted molar refractivity (Wildman–Crippen MR) is 60.4 cm³/mol. The van der Waals surface area contributed by atoms with E-state index in [-0.39, 0.29) is 5.97 Å². The van der Waals surface area contributed by atoms with Crippen molar-refractivity contribution >= 4 is 28.6 Å². The van der Waals surface area contributed by atoms with Gasteiger partial charge in [0.2, 0.25) is 0 Å². The largest absolute Gasteiger partial charge is 0.423 e. The highest BCUT2D eigenvalue weighted by atomic mass is 127. The van der Waals surface area contributed by atoms with Gasteiger partial charge in [0.05, 0.1) is 0 Å². The second-order valence-corrected chi connectivity index (χ2v) is 4.12. The Balaban J connectivity index is 2.64. The number of esters is 1. The first-order valence-corrected chi connectivity index (χ1v) is 5.53. The molecule has 72 valence electrons. The van der Waals surface area contributed by atoms with Crippen molar-refractivity contribution in [3.63, 3.8) is 0 Å². The maximum atomic E-state index is 11.1. The van der Waals surface area contributed by atoms with E-state index in [4.69, 9.17) is 4.74 Å². The predicted octanol–water partition coefficient (Wildman–Crippen LogP) is 3.33. The van der Waals surface area contributed by atoms with Gasteiger partial charge in [-0.2, -0.15) is 0 Å². The van der Waals surface area contributed by atoms with Crippen molar-refractivity contribution in [3.05, 3.63) is 21.0 Å². The van der Waals surface area contributed by atoms with Crippen LogP contribution >= 0.6 is 22.6 Å². The van der Waals surface area contributed by atoms with E-state index in [9.17, 15) is 4.79 Å². The molecule has 1 heterocycles. The average molecular weight is 292 g/mol. The van der Waals surface area contributed by atoms with Crippen molar-refractivity contribution in [2.75, 3.05) is 0 Å². The smallest absolute Gasteiger partial charge is 0.350 e. The van der Waals surface area contributed by atoms with Gasteiger partial charge in [0.25, 0.3) is 0 Å². The Kier molecular flexibility index (Phi) is 3.96. The summed E-state index contributed by atoms with van der Waals surface area (Å²) in [5.74, 6) is 0.545. The van der Waals surface area contributed by atoms with Gasteiger partial charge in [-0.1, -0.05) is 13.3 Å². The molecule has 0 amide bonds. The van der Waals surface area contributed by atoms with Crippen LogP contribution in [0.2, 0.25) is 0 Å². The standard InChI is InChI=1S/C10H13IO2/c1-3-4-5-6-8-7(2)9(11)10(12)13-8/h6H,3-5H2,1-2H3/b8-6-. The summed E-state index contributed by atoms with van der Waals surface area (Å²) >= 11 is 2.02. The number of hydrogen-bond donors (Lipinski definition) is 0. The number of allylic oxidation sites excluding steroid dienone is 2. The number of carbonyl (C=O) groups excluding carboxylic acids is 1. The summed E-state index contributed by atoms with van der Waals surface area (Å²) in [6, 6.07) is 0. The van der Waals surface area contributed by atoms with Gasteiger partial charge in [-0.3, -0.25) is 0 Å². The molecule has 0 atom stereocenters. The van der Waals surface area contributed by atoms with Gasteiger partial charge >= 0.3 is 5.97 Å². The molecule has 0 aromatic heterocycles. The fourth-order valence-corrected chi connectivity index (χ4v) is 1.49. The molecule has 0 spiro atoms. The number of cyclic esters (lactones) is 1. The van der Waals surface area contributed by atoms with Gasteiger partial charge in [0.1, 0.15) is 9.34 Å². The highest BCUT2D eigenvalue weighted by molar-refractivity contribution is 14.1. The van der Waals surface area contributed by atoms with Crippen molar-refractivity contribution in [2.24, 2.45) is 0 Å². The van der Waals surface area contributed by atoms with Gasteiger partial charge in [0.15, 0.2) is 0 Å². The Morgan fingerprint density at radius 1 is 1.54 bits per heavy atom. The molecule has 0 N–H and O–H groups in total. The van der Waals surface area contributed by atoms with E-state index >= 15 is 0 Å². The van der Waals surface area contributed by atoms with Crippen LogP contribution in [-0.4, -0.2) is 5.97 Å². The zero-order chi connectivity index (χ0) is 9.84. The molecular formula is C10H13IO2. The summed E-state index contributed by atoms with van der Waals surface area (Å²) < 4.78 is 5.78. The second-order valence-electron chi connectivity index (χ2n) is 3.04. The Morgan fingerprint density at radius 3 is 2.69 bits per heavy atom. The van der Waals surface area contributed by atoms with Gasteiger partial charge in [-0.25, -0.2) is 4.79 Å². The number of hydrogen-bond acceptors (Lipinski definition) is 2. The van der Waals surface area contributed by atoms with Crippen LogP contribution in [-0.2, 0) is 9.53 Å². The van der Waals surface area contributed by atoms with Gasteiger partial charge in [-0.05, 0) is 48.4 Å². The Morgan fingerprint density at radius 2 is 2.23 bits per heavy atom.